The van der Waals surface area contributed by atoms with Gasteiger partial charge >= 0.3 is 0 Å². The Hall–Kier alpha value is -2.14. The van der Waals surface area contributed by atoms with Crippen molar-refractivity contribution in [3.63, 3.8) is 0 Å². The van der Waals surface area contributed by atoms with E-state index in [0.29, 0.717) is 0 Å². The normalized spacial score (nSPS) is 10.9. The van der Waals surface area contributed by atoms with Crippen LogP contribution >= 0.6 is 11.8 Å². The second-order valence-corrected chi connectivity index (χ2v) is 6.34. The number of rotatable bonds is 4. The molecule has 112 valence electrons. The maximum absolute atomic E-state index is 4.40. The highest BCUT2D eigenvalue weighted by Crippen LogP contribution is 2.29. The molecule has 1 aromatic carbocycles. The van der Waals surface area contributed by atoms with E-state index in [-0.39, 0.29) is 0 Å². The van der Waals surface area contributed by atoms with E-state index in [9.17, 15) is 0 Å². The lowest BCUT2D eigenvalue weighted by atomic mass is 10.1. The first-order valence-electron chi connectivity index (χ1n) is 7.27. The van der Waals surface area contributed by atoms with Crippen LogP contribution in [0.25, 0.3) is 17.1 Å². The SMILES string of the molecule is CCSc1nnc(-c2cccnc2)n1-c1ccc(C)cc1C. The summed E-state index contributed by atoms with van der Waals surface area (Å²) >= 11 is 1.69. The minimum atomic E-state index is 0.830. The molecular weight excluding hydrogens is 292 g/mol. The summed E-state index contributed by atoms with van der Waals surface area (Å²) in [5.74, 6) is 1.78. The van der Waals surface area contributed by atoms with Crippen molar-refractivity contribution >= 4 is 11.8 Å². The van der Waals surface area contributed by atoms with E-state index < -0.39 is 0 Å². The van der Waals surface area contributed by atoms with Gasteiger partial charge in [0.1, 0.15) is 0 Å². The van der Waals surface area contributed by atoms with E-state index in [1.165, 1.54) is 11.1 Å². The summed E-state index contributed by atoms with van der Waals surface area (Å²) in [7, 11) is 0. The van der Waals surface area contributed by atoms with E-state index >= 15 is 0 Å². The highest BCUT2D eigenvalue weighted by molar-refractivity contribution is 7.99. The zero-order valence-electron chi connectivity index (χ0n) is 12.9. The summed E-state index contributed by atoms with van der Waals surface area (Å²) < 4.78 is 2.12. The molecule has 0 aliphatic rings. The van der Waals surface area contributed by atoms with Crippen molar-refractivity contribution in [2.45, 2.75) is 25.9 Å². The molecule has 2 heterocycles. The predicted octanol–water partition coefficient (Wildman–Crippen LogP) is 4.06. The molecule has 5 heteroatoms. The van der Waals surface area contributed by atoms with Crippen LogP contribution in [0.15, 0.2) is 47.9 Å². The summed E-state index contributed by atoms with van der Waals surface area (Å²) in [6.07, 6.45) is 3.59. The fraction of sp³-hybridized carbons (Fsp3) is 0.235. The van der Waals surface area contributed by atoms with Gasteiger partial charge in [0.05, 0.1) is 5.69 Å². The van der Waals surface area contributed by atoms with Crippen LogP contribution in [-0.4, -0.2) is 25.5 Å². The molecule has 2 aromatic heterocycles. The number of pyridine rings is 1. The average Bonchev–Trinajstić information content (AvgIpc) is 2.92. The van der Waals surface area contributed by atoms with Crippen LogP contribution in [0.4, 0.5) is 0 Å². The van der Waals surface area contributed by atoms with Crippen LogP contribution in [0.1, 0.15) is 18.1 Å². The molecule has 0 fully saturated rings. The van der Waals surface area contributed by atoms with E-state index in [4.69, 9.17) is 0 Å². The van der Waals surface area contributed by atoms with Gasteiger partial charge in [-0.15, -0.1) is 10.2 Å². The summed E-state index contributed by atoms with van der Waals surface area (Å²) in [5.41, 5.74) is 4.55. The fourth-order valence-electron chi connectivity index (χ4n) is 2.45. The molecule has 4 nitrogen and oxygen atoms in total. The Morgan fingerprint density at radius 1 is 1.14 bits per heavy atom. The Labute approximate surface area is 134 Å². The standard InChI is InChI=1S/C17H18N4S/c1-4-22-17-20-19-16(14-6-5-9-18-11-14)21(17)15-8-7-12(2)10-13(15)3/h5-11H,4H2,1-3H3. The minimum absolute atomic E-state index is 0.830. The molecule has 0 aliphatic carbocycles. The van der Waals surface area contributed by atoms with Gasteiger partial charge < -0.3 is 0 Å². The van der Waals surface area contributed by atoms with Crippen LogP contribution in [0.2, 0.25) is 0 Å². The molecule has 22 heavy (non-hydrogen) atoms. The van der Waals surface area contributed by atoms with E-state index in [1.54, 1.807) is 18.0 Å². The molecule has 0 aliphatic heterocycles. The molecule has 3 aromatic rings. The maximum Gasteiger partial charge on any atom is 0.196 e. The van der Waals surface area contributed by atoms with Crippen LogP contribution in [0.3, 0.4) is 0 Å². The number of thioether (sulfide) groups is 1. The number of aromatic nitrogens is 4. The van der Waals surface area contributed by atoms with Gasteiger partial charge in [-0.05, 0) is 43.4 Å². The third kappa shape index (κ3) is 2.76. The first-order chi connectivity index (χ1) is 10.7. The molecule has 0 saturated carbocycles. The van der Waals surface area contributed by atoms with Gasteiger partial charge in [-0.1, -0.05) is 36.4 Å². The minimum Gasteiger partial charge on any atom is -0.270 e. The molecule has 0 atom stereocenters. The van der Waals surface area contributed by atoms with Crippen LogP contribution in [0.5, 0.6) is 0 Å². The molecule has 0 bridgehead atoms. The van der Waals surface area contributed by atoms with E-state index in [1.807, 2.05) is 18.3 Å². The Morgan fingerprint density at radius 3 is 2.68 bits per heavy atom. The van der Waals surface area contributed by atoms with Crippen molar-refractivity contribution in [2.24, 2.45) is 0 Å². The highest BCUT2D eigenvalue weighted by atomic mass is 32.2. The van der Waals surface area contributed by atoms with E-state index in [2.05, 4.69) is 58.7 Å². The maximum atomic E-state index is 4.40. The van der Waals surface area contributed by atoms with Crippen LogP contribution < -0.4 is 0 Å². The van der Waals surface area contributed by atoms with Gasteiger partial charge in [-0.3, -0.25) is 9.55 Å². The molecule has 0 saturated heterocycles. The molecule has 0 unspecified atom stereocenters. The quantitative estimate of drug-likeness (QED) is 0.682. The molecule has 0 radical (unpaired) electrons. The third-order valence-electron chi connectivity index (χ3n) is 3.42. The molecule has 0 amide bonds. The zero-order valence-corrected chi connectivity index (χ0v) is 13.8. The molecule has 0 N–H and O–H groups in total. The average molecular weight is 310 g/mol. The Morgan fingerprint density at radius 2 is 2.00 bits per heavy atom. The monoisotopic (exact) mass is 310 g/mol. The van der Waals surface area contributed by atoms with Gasteiger partial charge in [0, 0.05) is 18.0 Å². The van der Waals surface area contributed by atoms with E-state index in [0.717, 1.165) is 28.0 Å². The fourth-order valence-corrected chi connectivity index (χ4v) is 3.12. The molecule has 0 spiro atoms. The Kier molecular flexibility index (Phi) is 4.24. The lowest BCUT2D eigenvalue weighted by molar-refractivity contribution is 0.880. The first kappa shape index (κ1) is 14.8. The van der Waals surface area contributed by atoms with Gasteiger partial charge in [0.25, 0.3) is 0 Å². The van der Waals surface area contributed by atoms with Crippen molar-refractivity contribution in [3.8, 4) is 17.1 Å². The largest absolute Gasteiger partial charge is 0.270 e. The topological polar surface area (TPSA) is 43.6 Å². The summed E-state index contributed by atoms with van der Waals surface area (Å²) in [6.45, 7) is 6.35. The van der Waals surface area contributed by atoms with Crippen molar-refractivity contribution in [1.82, 2.24) is 19.7 Å². The first-order valence-corrected chi connectivity index (χ1v) is 8.25. The van der Waals surface area contributed by atoms with Crippen molar-refractivity contribution < 1.29 is 0 Å². The second-order valence-electron chi connectivity index (χ2n) is 5.11. The number of benzene rings is 1. The van der Waals surface area contributed by atoms with Gasteiger partial charge in [-0.25, -0.2) is 0 Å². The number of aryl methyl sites for hydroxylation is 2. The Balaban J connectivity index is 2.21. The highest BCUT2D eigenvalue weighted by Gasteiger charge is 2.17. The number of hydrogen-bond donors (Lipinski definition) is 0. The van der Waals surface area contributed by atoms with Crippen LogP contribution in [0, 0.1) is 13.8 Å². The van der Waals surface area contributed by atoms with Gasteiger partial charge in [-0.2, -0.15) is 0 Å². The van der Waals surface area contributed by atoms with Crippen molar-refractivity contribution in [1.29, 1.82) is 0 Å². The number of nitrogens with zero attached hydrogens (tertiary/aromatic N) is 4. The number of hydrogen-bond acceptors (Lipinski definition) is 4. The van der Waals surface area contributed by atoms with Gasteiger partial charge in [0.2, 0.25) is 0 Å². The zero-order chi connectivity index (χ0) is 15.5. The van der Waals surface area contributed by atoms with Gasteiger partial charge in [0.15, 0.2) is 11.0 Å². The second kappa shape index (κ2) is 6.32. The predicted molar refractivity (Wildman–Crippen MR) is 90.5 cm³/mol. The Bertz CT molecular complexity index is 781. The lowest BCUT2D eigenvalue weighted by Gasteiger charge is -2.13. The summed E-state index contributed by atoms with van der Waals surface area (Å²) in [4.78, 5) is 4.20. The van der Waals surface area contributed by atoms with Crippen LogP contribution in [-0.2, 0) is 0 Å². The van der Waals surface area contributed by atoms with Crippen molar-refractivity contribution in [3.05, 3.63) is 53.9 Å². The molecule has 3 rings (SSSR count). The smallest absolute Gasteiger partial charge is 0.196 e. The lowest BCUT2D eigenvalue weighted by Crippen LogP contribution is -2.02. The summed E-state index contributed by atoms with van der Waals surface area (Å²) in [6, 6.07) is 10.4. The summed E-state index contributed by atoms with van der Waals surface area (Å²) in [5, 5.41) is 9.68. The third-order valence-corrected chi connectivity index (χ3v) is 4.23. The molecular formula is C17H18N4S. The van der Waals surface area contributed by atoms with Crippen molar-refractivity contribution in [2.75, 3.05) is 5.75 Å².